The average Bonchev–Trinajstić information content (AvgIpc) is 2.95. The minimum atomic E-state index is -0.469. The van der Waals surface area contributed by atoms with Crippen molar-refractivity contribution in [3.8, 4) is 10.4 Å². The van der Waals surface area contributed by atoms with Crippen molar-refractivity contribution in [2.45, 2.75) is 13.8 Å². The van der Waals surface area contributed by atoms with Crippen molar-refractivity contribution in [2.24, 2.45) is 0 Å². The number of nitrogens with two attached hydrogens (primary N) is 1. The molecule has 96 valence electrons. The van der Waals surface area contributed by atoms with Crippen LogP contribution in [0.4, 0.5) is 5.82 Å². The number of nitrogen functional groups attached to an aromatic ring is 1. The molecule has 0 amide bonds. The molecule has 2 N–H and O–H groups in total. The van der Waals surface area contributed by atoms with Gasteiger partial charge in [0.05, 0.1) is 7.11 Å². The molecule has 0 unspecified atom stereocenters. The minimum Gasteiger partial charge on any atom is -0.465 e. The zero-order chi connectivity index (χ0) is 13.5. The van der Waals surface area contributed by atoms with E-state index >= 15 is 0 Å². The predicted molar refractivity (Wildman–Crippen MR) is 74.6 cm³/mol. The molecule has 0 spiro atoms. The number of rotatable bonds is 2. The molecule has 0 aromatic carbocycles. The number of aromatic nitrogens is 1. The normalized spacial score (nSPS) is 9.28. The molecule has 4 nitrogen and oxygen atoms in total. The van der Waals surface area contributed by atoms with Crippen molar-refractivity contribution in [2.75, 3.05) is 12.8 Å². The fourth-order valence-corrected chi connectivity index (χ4v) is 2.03. The molecule has 0 aliphatic rings. The maximum absolute atomic E-state index is 11.4. The SMILES string of the molecule is CC.COC(=O)c1cc(-c2cccs2)cnc1N. The van der Waals surface area contributed by atoms with Crippen LogP contribution in [0, 0.1) is 0 Å². The monoisotopic (exact) mass is 264 g/mol. The van der Waals surface area contributed by atoms with Crippen LogP contribution in [0.3, 0.4) is 0 Å². The number of carbonyl (C=O) groups excluding carboxylic acids is 1. The molecule has 0 bridgehead atoms. The van der Waals surface area contributed by atoms with Crippen LogP contribution in [-0.2, 0) is 4.74 Å². The third-order valence-electron chi connectivity index (χ3n) is 2.13. The fraction of sp³-hybridized carbons (Fsp3) is 0.231. The van der Waals surface area contributed by atoms with Gasteiger partial charge in [-0.1, -0.05) is 19.9 Å². The van der Waals surface area contributed by atoms with Crippen molar-refractivity contribution >= 4 is 23.1 Å². The Bertz CT molecular complexity index is 510. The van der Waals surface area contributed by atoms with E-state index in [-0.39, 0.29) is 5.82 Å². The first kappa shape index (κ1) is 14.2. The van der Waals surface area contributed by atoms with Gasteiger partial charge in [0.15, 0.2) is 0 Å². The standard InChI is InChI=1S/C11H10N2O2S.C2H6/c1-15-11(14)8-5-7(6-13-10(8)12)9-3-2-4-16-9;1-2/h2-6H,1H3,(H2,12,13);1-2H3. The highest BCUT2D eigenvalue weighted by Gasteiger charge is 2.12. The van der Waals surface area contributed by atoms with E-state index < -0.39 is 5.97 Å². The summed E-state index contributed by atoms with van der Waals surface area (Å²) in [6.07, 6.45) is 1.65. The van der Waals surface area contributed by atoms with Crippen molar-refractivity contribution in [1.29, 1.82) is 0 Å². The first-order chi connectivity index (χ1) is 8.72. The summed E-state index contributed by atoms with van der Waals surface area (Å²) in [7, 11) is 1.32. The molecule has 5 heteroatoms. The van der Waals surface area contributed by atoms with E-state index in [0.717, 1.165) is 10.4 Å². The second-order valence-electron chi connectivity index (χ2n) is 3.13. The molecular weight excluding hydrogens is 248 g/mol. The van der Waals surface area contributed by atoms with Crippen molar-refractivity contribution in [3.63, 3.8) is 0 Å². The van der Waals surface area contributed by atoms with Crippen molar-refractivity contribution in [1.82, 2.24) is 4.98 Å². The molecule has 0 saturated heterocycles. The molecule has 0 aliphatic heterocycles. The third kappa shape index (κ3) is 3.07. The van der Waals surface area contributed by atoms with Crippen molar-refractivity contribution in [3.05, 3.63) is 35.3 Å². The number of thiophene rings is 1. The van der Waals surface area contributed by atoms with Crippen LogP contribution in [0.25, 0.3) is 10.4 Å². The van der Waals surface area contributed by atoms with Crippen LogP contribution in [0.2, 0.25) is 0 Å². The van der Waals surface area contributed by atoms with Crippen LogP contribution in [0.15, 0.2) is 29.8 Å². The number of hydrogen-bond donors (Lipinski definition) is 1. The number of hydrogen-bond acceptors (Lipinski definition) is 5. The molecule has 2 rings (SSSR count). The van der Waals surface area contributed by atoms with Gasteiger partial charge in [0.25, 0.3) is 0 Å². The molecule has 0 aliphatic carbocycles. The summed E-state index contributed by atoms with van der Waals surface area (Å²) < 4.78 is 4.63. The maximum Gasteiger partial charge on any atom is 0.341 e. The van der Waals surface area contributed by atoms with Crippen molar-refractivity contribution < 1.29 is 9.53 Å². The molecule has 0 saturated carbocycles. The molecule has 0 atom stereocenters. The van der Waals surface area contributed by atoms with E-state index in [2.05, 4.69) is 9.72 Å². The topological polar surface area (TPSA) is 65.2 Å². The lowest BCUT2D eigenvalue weighted by atomic mass is 10.1. The zero-order valence-electron chi connectivity index (χ0n) is 10.6. The highest BCUT2D eigenvalue weighted by molar-refractivity contribution is 7.13. The smallest absolute Gasteiger partial charge is 0.341 e. The lowest BCUT2D eigenvalue weighted by Gasteiger charge is -2.04. The predicted octanol–water partition coefficient (Wildman–Crippen LogP) is 3.21. The summed E-state index contributed by atoms with van der Waals surface area (Å²) in [6.45, 7) is 4.00. The Morgan fingerprint density at radius 2 is 2.17 bits per heavy atom. The number of ether oxygens (including phenoxy) is 1. The van der Waals surface area contributed by atoms with Crippen LogP contribution in [-0.4, -0.2) is 18.1 Å². The van der Waals surface area contributed by atoms with Gasteiger partial charge >= 0.3 is 5.97 Å². The van der Waals surface area contributed by atoms with E-state index in [0.29, 0.717) is 5.56 Å². The maximum atomic E-state index is 11.4. The number of anilines is 1. The van der Waals surface area contributed by atoms with Crippen LogP contribution in [0.5, 0.6) is 0 Å². The lowest BCUT2D eigenvalue weighted by Crippen LogP contribution is -2.07. The molecule has 0 fully saturated rings. The molecule has 2 aromatic rings. The molecular formula is C13H16N2O2S. The Morgan fingerprint density at radius 3 is 2.72 bits per heavy atom. The van der Waals surface area contributed by atoms with Gasteiger partial charge in [-0.15, -0.1) is 11.3 Å². The van der Waals surface area contributed by atoms with Gasteiger partial charge in [0, 0.05) is 16.6 Å². The minimum absolute atomic E-state index is 0.187. The Balaban J connectivity index is 0.000000771. The largest absolute Gasteiger partial charge is 0.465 e. The summed E-state index contributed by atoms with van der Waals surface area (Å²) in [5.41, 5.74) is 6.78. The zero-order valence-corrected chi connectivity index (χ0v) is 11.5. The van der Waals surface area contributed by atoms with E-state index in [1.165, 1.54) is 7.11 Å². The molecule has 2 heterocycles. The Labute approximate surface area is 110 Å². The fourth-order valence-electron chi connectivity index (χ4n) is 1.33. The Kier molecular flexibility index (Phi) is 5.32. The molecule has 0 radical (unpaired) electrons. The van der Waals surface area contributed by atoms with Gasteiger partial charge in [-0.2, -0.15) is 0 Å². The van der Waals surface area contributed by atoms with Gasteiger partial charge in [-0.3, -0.25) is 0 Å². The van der Waals surface area contributed by atoms with Crippen LogP contribution in [0.1, 0.15) is 24.2 Å². The van der Waals surface area contributed by atoms with Gasteiger partial charge in [0.1, 0.15) is 11.4 Å². The number of carbonyl (C=O) groups is 1. The first-order valence-electron chi connectivity index (χ1n) is 5.60. The lowest BCUT2D eigenvalue weighted by molar-refractivity contribution is 0.0601. The number of esters is 1. The van der Waals surface area contributed by atoms with Crippen LogP contribution < -0.4 is 5.73 Å². The number of pyridine rings is 1. The summed E-state index contributed by atoms with van der Waals surface area (Å²) >= 11 is 1.58. The number of nitrogens with zero attached hydrogens (tertiary/aromatic N) is 1. The summed E-state index contributed by atoms with van der Waals surface area (Å²) in [5.74, 6) is -0.282. The molecule has 18 heavy (non-hydrogen) atoms. The third-order valence-corrected chi connectivity index (χ3v) is 3.05. The highest BCUT2D eigenvalue weighted by Crippen LogP contribution is 2.26. The quantitative estimate of drug-likeness (QED) is 0.846. The van der Waals surface area contributed by atoms with Gasteiger partial charge in [-0.25, -0.2) is 9.78 Å². The van der Waals surface area contributed by atoms with E-state index in [1.807, 2.05) is 31.4 Å². The van der Waals surface area contributed by atoms with E-state index in [9.17, 15) is 4.79 Å². The summed E-state index contributed by atoms with van der Waals surface area (Å²) in [6, 6.07) is 5.59. The Hall–Kier alpha value is -1.88. The van der Waals surface area contributed by atoms with E-state index in [1.54, 1.807) is 23.6 Å². The van der Waals surface area contributed by atoms with Gasteiger partial charge in [0.2, 0.25) is 0 Å². The van der Waals surface area contributed by atoms with E-state index in [4.69, 9.17) is 5.73 Å². The first-order valence-corrected chi connectivity index (χ1v) is 6.48. The number of methoxy groups -OCH3 is 1. The van der Waals surface area contributed by atoms with Crippen LogP contribution >= 0.6 is 11.3 Å². The van der Waals surface area contributed by atoms with Gasteiger partial charge in [-0.05, 0) is 17.5 Å². The average molecular weight is 264 g/mol. The van der Waals surface area contributed by atoms with Gasteiger partial charge < -0.3 is 10.5 Å². The molecule has 2 aromatic heterocycles. The Morgan fingerprint density at radius 1 is 1.44 bits per heavy atom. The highest BCUT2D eigenvalue weighted by atomic mass is 32.1. The summed E-state index contributed by atoms with van der Waals surface area (Å²) in [4.78, 5) is 16.4. The summed E-state index contributed by atoms with van der Waals surface area (Å²) in [5, 5.41) is 1.96. The second-order valence-corrected chi connectivity index (χ2v) is 4.07. The second kappa shape index (κ2) is 6.76.